The van der Waals surface area contributed by atoms with E-state index in [1.807, 2.05) is 33.6 Å². The van der Waals surface area contributed by atoms with Gasteiger partial charge in [-0.25, -0.2) is 14.2 Å². The Morgan fingerprint density at radius 1 is 1.24 bits per heavy atom. The number of para-hydroxylation sites is 1. The molecule has 4 aromatic rings. The van der Waals surface area contributed by atoms with Gasteiger partial charge in [-0.2, -0.15) is 10.2 Å². The van der Waals surface area contributed by atoms with E-state index in [1.54, 1.807) is 6.33 Å². The van der Waals surface area contributed by atoms with E-state index in [4.69, 9.17) is 5.73 Å². The summed E-state index contributed by atoms with van der Waals surface area (Å²) in [4.78, 5) is 4.33. The molecule has 7 heteroatoms. The summed E-state index contributed by atoms with van der Waals surface area (Å²) >= 11 is 0. The molecule has 1 saturated heterocycles. The first-order valence-corrected chi connectivity index (χ1v) is 12.3. The smallest absolute Gasteiger partial charge is 0.151 e. The van der Waals surface area contributed by atoms with Crippen LogP contribution in [0.15, 0.2) is 67.3 Å². The summed E-state index contributed by atoms with van der Waals surface area (Å²) in [5.74, 6) is 1.30. The molecule has 1 fully saturated rings. The zero-order valence-electron chi connectivity index (χ0n) is 19.8. The van der Waals surface area contributed by atoms with Crippen LogP contribution in [0.25, 0.3) is 11.2 Å². The van der Waals surface area contributed by atoms with Gasteiger partial charge in [0.1, 0.15) is 11.8 Å². The van der Waals surface area contributed by atoms with Crippen LogP contribution in [0.3, 0.4) is 0 Å². The first-order chi connectivity index (χ1) is 16.7. The number of nitrogen functional groups attached to an aromatic ring is 1. The Morgan fingerprint density at radius 3 is 2.91 bits per heavy atom. The van der Waals surface area contributed by atoms with E-state index in [2.05, 4.69) is 64.0 Å². The van der Waals surface area contributed by atoms with Crippen molar-refractivity contribution in [1.82, 2.24) is 29.7 Å². The third kappa shape index (κ3) is 4.61. The summed E-state index contributed by atoms with van der Waals surface area (Å²) < 4.78 is 4.00. The fourth-order valence-corrected chi connectivity index (χ4v) is 5.11. The zero-order valence-corrected chi connectivity index (χ0v) is 19.8. The minimum Gasteiger partial charge on any atom is -0.382 e. The average molecular weight is 456 g/mol. The van der Waals surface area contributed by atoms with Gasteiger partial charge >= 0.3 is 0 Å². The molecule has 1 aliphatic rings. The minimum absolute atomic E-state index is 0.316. The fraction of sp³-hybridized carbons (Fsp3) is 0.370. The second-order valence-corrected chi connectivity index (χ2v) is 9.14. The summed E-state index contributed by atoms with van der Waals surface area (Å²) in [5, 5.41) is 12.8. The van der Waals surface area contributed by atoms with Crippen LogP contribution in [0, 0.1) is 0 Å². The van der Waals surface area contributed by atoms with Crippen LogP contribution in [-0.4, -0.2) is 37.5 Å². The first kappa shape index (κ1) is 22.3. The number of anilines is 1. The van der Waals surface area contributed by atoms with Crippen molar-refractivity contribution in [1.29, 1.82) is 0 Å². The van der Waals surface area contributed by atoms with E-state index in [0.29, 0.717) is 17.7 Å². The summed E-state index contributed by atoms with van der Waals surface area (Å²) in [6, 6.07) is 12.6. The molecule has 34 heavy (non-hydrogen) atoms. The Balaban J connectivity index is 1.50. The second-order valence-electron chi connectivity index (χ2n) is 9.14. The van der Waals surface area contributed by atoms with Gasteiger partial charge in [-0.05, 0) is 80.8 Å². The molecule has 2 atom stereocenters. The van der Waals surface area contributed by atoms with Crippen LogP contribution < -0.4 is 11.1 Å². The monoisotopic (exact) mass is 455 g/mol. The molecular formula is C27H33N7. The van der Waals surface area contributed by atoms with Crippen molar-refractivity contribution in [2.24, 2.45) is 0 Å². The van der Waals surface area contributed by atoms with Gasteiger partial charge in [0.2, 0.25) is 0 Å². The van der Waals surface area contributed by atoms with Crippen molar-refractivity contribution in [3.63, 3.8) is 0 Å². The molecule has 3 N–H and O–H groups in total. The van der Waals surface area contributed by atoms with Gasteiger partial charge < -0.3 is 11.1 Å². The van der Waals surface area contributed by atoms with Gasteiger partial charge in [0.05, 0.1) is 11.9 Å². The van der Waals surface area contributed by atoms with Gasteiger partial charge in [0, 0.05) is 24.4 Å². The lowest BCUT2D eigenvalue weighted by Crippen LogP contribution is -2.29. The van der Waals surface area contributed by atoms with Crippen LogP contribution in [0.4, 0.5) is 5.82 Å². The molecule has 0 bridgehead atoms. The minimum atomic E-state index is 0.316. The van der Waals surface area contributed by atoms with Gasteiger partial charge in [-0.15, -0.1) is 0 Å². The summed E-state index contributed by atoms with van der Waals surface area (Å²) in [5.41, 5.74) is 12.1. The predicted octanol–water partition coefficient (Wildman–Crippen LogP) is 4.65. The van der Waals surface area contributed by atoms with E-state index in [-0.39, 0.29) is 0 Å². The summed E-state index contributed by atoms with van der Waals surface area (Å²) in [6.45, 7) is 4.14. The molecular weight excluding hydrogens is 422 g/mol. The van der Waals surface area contributed by atoms with Gasteiger partial charge in [-0.1, -0.05) is 30.4 Å². The number of nitrogens with two attached hydrogens (primary N) is 1. The Bertz CT molecular complexity index is 1250. The molecule has 5 rings (SSSR count). The topological polar surface area (TPSA) is 86.1 Å². The van der Waals surface area contributed by atoms with Gasteiger partial charge in [0.15, 0.2) is 5.82 Å². The van der Waals surface area contributed by atoms with E-state index in [0.717, 1.165) is 50.0 Å². The molecule has 1 aromatic carbocycles. The highest BCUT2D eigenvalue weighted by Gasteiger charge is 2.24. The normalized spacial score (nSPS) is 17.5. The van der Waals surface area contributed by atoms with Crippen molar-refractivity contribution < 1.29 is 0 Å². The number of piperidine rings is 1. The van der Waals surface area contributed by atoms with E-state index in [9.17, 15) is 0 Å². The number of rotatable bonds is 8. The molecule has 3 aromatic heterocycles. The molecule has 2 unspecified atom stereocenters. The third-order valence-corrected chi connectivity index (χ3v) is 6.88. The molecule has 0 saturated carbocycles. The number of aromatic nitrogens is 5. The summed E-state index contributed by atoms with van der Waals surface area (Å²) in [6.07, 6.45) is 15.4. The van der Waals surface area contributed by atoms with Gasteiger partial charge in [-0.3, -0.25) is 0 Å². The van der Waals surface area contributed by atoms with Crippen LogP contribution in [0.2, 0.25) is 0 Å². The van der Waals surface area contributed by atoms with Crippen LogP contribution >= 0.6 is 0 Å². The van der Waals surface area contributed by atoms with Crippen LogP contribution in [0.5, 0.6) is 0 Å². The standard InChI is InChI=1S/C27H33N7/c1-2-3-5-9-20(23-17-31-33(18-23)24-11-6-4-7-12-24)14-22-15-25(21-10-8-13-29-16-21)34-26(22)27(28)30-19-32-34/h2-4,6-7,11-12,15,17-21,29H,5,8-10,13-14,16H2,1H3,(H2,28,30,32)/b3-2-. The molecule has 0 radical (unpaired) electrons. The van der Waals surface area contributed by atoms with Crippen LogP contribution in [-0.2, 0) is 6.42 Å². The fourth-order valence-electron chi connectivity index (χ4n) is 5.11. The lowest BCUT2D eigenvalue weighted by Gasteiger charge is -2.22. The Labute approximate surface area is 200 Å². The molecule has 0 spiro atoms. The second kappa shape index (κ2) is 10.2. The maximum Gasteiger partial charge on any atom is 0.151 e. The third-order valence-electron chi connectivity index (χ3n) is 6.88. The number of hydrogen-bond donors (Lipinski definition) is 2. The molecule has 4 heterocycles. The Hall–Kier alpha value is -3.45. The highest BCUT2D eigenvalue weighted by molar-refractivity contribution is 5.71. The van der Waals surface area contributed by atoms with Crippen LogP contribution in [0.1, 0.15) is 61.3 Å². The van der Waals surface area contributed by atoms with Crippen molar-refractivity contribution in [2.45, 2.75) is 50.9 Å². The lowest BCUT2D eigenvalue weighted by atomic mass is 9.89. The number of allylic oxidation sites excluding steroid dienone is 2. The molecule has 176 valence electrons. The van der Waals surface area contributed by atoms with Crippen molar-refractivity contribution >= 4 is 11.3 Å². The number of nitrogens with zero attached hydrogens (tertiary/aromatic N) is 5. The average Bonchev–Trinajstić information content (AvgIpc) is 3.51. The van der Waals surface area contributed by atoms with E-state index >= 15 is 0 Å². The molecule has 7 nitrogen and oxygen atoms in total. The lowest BCUT2D eigenvalue weighted by molar-refractivity contribution is 0.449. The molecule has 0 aliphatic carbocycles. The largest absolute Gasteiger partial charge is 0.382 e. The SMILES string of the molecule is C/C=C\CCC(Cc1cc(C2CCCNC2)n2ncnc(N)c12)c1cnn(-c2ccccc2)c1. The first-order valence-electron chi connectivity index (χ1n) is 12.3. The van der Waals surface area contributed by atoms with E-state index in [1.165, 1.54) is 23.2 Å². The number of nitrogens with one attached hydrogen (secondary N) is 1. The number of hydrogen-bond acceptors (Lipinski definition) is 5. The Morgan fingerprint density at radius 2 is 2.12 bits per heavy atom. The zero-order chi connectivity index (χ0) is 23.3. The van der Waals surface area contributed by atoms with Crippen molar-refractivity contribution in [3.05, 3.63) is 84.1 Å². The number of fused-ring (bicyclic) bond motifs is 1. The molecule has 0 amide bonds. The predicted molar refractivity (Wildman–Crippen MR) is 136 cm³/mol. The van der Waals surface area contributed by atoms with Crippen molar-refractivity contribution in [2.75, 3.05) is 18.8 Å². The Kier molecular flexibility index (Phi) is 6.72. The highest BCUT2D eigenvalue weighted by atomic mass is 15.3. The summed E-state index contributed by atoms with van der Waals surface area (Å²) in [7, 11) is 0. The number of benzene rings is 1. The quantitative estimate of drug-likeness (QED) is 0.378. The maximum absolute atomic E-state index is 6.40. The van der Waals surface area contributed by atoms with E-state index < -0.39 is 0 Å². The van der Waals surface area contributed by atoms with Crippen molar-refractivity contribution in [3.8, 4) is 5.69 Å². The maximum atomic E-state index is 6.40. The molecule has 1 aliphatic heterocycles. The highest BCUT2D eigenvalue weighted by Crippen LogP contribution is 2.34. The van der Waals surface area contributed by atoms with Gasteiger partial charge in [0.25, 0.3) is 0 Å².